The molecule has 0 saturated carbocycles. The zero-order valence-electron chi connectivity index (χ0n) is 8.04. The Morgan fingerprint density at radius 2 is 2.31 bits per heavy atom. The minimum absolute atomic E-state index is 0.219. The molecule has 0 aromatic rings. The van der Waals surface area contributed by atoms with Crippen LogP contribution in [0.2, 0.25) is 0 Å². The molecule has 0 spiro atoms. The van der Waals surface area contributed by atoms with Crippen molar-refractivity contribution in [1.29, 1.82) is 0 Å². The fourth-order valence-electron chi connectivity index (χ4n) is 0.575. The molecule has 0 rings (SSSR count). The van der Waals surface area contributed by atoms with E-state index in [0.29, 0.717) is 12.5 Å². The summed E-state index contributed by atoms with van der Waals surface area (Å²) in [6.45, 7) is 4.43. The number of hydroxylamine groups is 1. The Hall–Kier alpha value is -1.05. The van der Waals surface area contributed by atoms with Gasteiger partial charge in [0.1, 0.15) is 0 Å². The van der Waals surface area contributed by atoms with Gasteiger partial charge in [0.2, 0.25) is 0 Å². The van der Waals surface area contributed by atoms with Crippen LogP contribution < -0.4 is 11.2 Å². The second kappa shape index (κ2) is 6.46. The number of rotatable bonds is 5. The van der Waals surface area contributed by atoms with E-state index in [9.17, 15) is 4.79 Å². The smallest absolute Gasteiger partial charge is 0.261 e. The summed E-state index contributed by atoms with van der Waals surface area (Å²) < 4.78 is 0. The van der Waals surface area contributed by atoms with Gasteiger partial charge in [0.25, 0.3) is 5.91 Å². The third kappa shape index (κ3) is 6.14. The molecule has 0 heterocycles. The molecule has 4 heteroatoms. The molecule has 1 unspecified atom stereocenters. The lowest BCUT2D eigenvalue weighted by Gasteiger charge is -2.10. The van der Waals surface area contributed by atoms with Gasteiger partial charge in [-0.1, -0.05) is 13.8 Å². The summed E-state index contributed by atoms with van der Waals surface area (Å²) in [6.07, 6.45) is 5.21. The average molecular weight is 184 g/mol. The van der Waals surface area contributed by atoms with Crippen molar-refractivity contribution in [3.05, 3.63) is 0 Å². The molecular formula is C9H16N2O2. The first-order valence-corrected chi connectivity index (χ1v) is 4.18. The molecule has 4 nitrogen and oxygen atoms in total. The molecule has 74 valence electrons. The molecule has 1 amide bonds. The van der Waals surface area contributed by atoms with E-state index >= 15 is 0 Å². The summed E-state index contributed by atoms with van der Waals surface area (Å²) in [6, 6.07) is -0.683. The van der Waals surface area contributed by atoms with Crippen LogP contribution in [0.25, 0.3) is 0 Å². The maximum atomic E-state index is 11.1. The molecule has 0 aliphatic carbocycles. The Morgan fingerprint density at radius 1 is 1.69 bits per heavy atom. The molecule has 0 aliphatic rings. The van der Waals surface area contributed by atoms with Gasteiger partial charge in [-0.05, 0) is 5.92 Å². The number of carbonyl (C=O) groups excluding carboxylic acids is 1. The summed E-state index contributed by atoms with van der Waals surface area (Å²) in [5, 5.41) is 0. The van der Waals surface area contributed by atoms with Gasteiger partial charge in [-0.3, -0.25) is 9.63 Å². The predicted octanol–water partition coefficient (Wildman–Crippen LogP) is 0.0408. The number of hydrogen-bond donors (Lipinski definition) is 2. The topological polar surface area (TPSA) is 64.4 Å². The number of nitrogens with two attached hydrogens (primary N) is 1. The van der Waals surface area contributed by atoms with Crippen LogP contribution in [0.15, 0.2) is 0 Å². The minimum Gasteiger partial charge on any atom is -0.319 e. The molecule has 3 N–H and O–H groups in total. The van der Waals surface area contributed by atoms with E-state index < -0.39 is 6.04 Å². The molecule has 1 atom stereocenters. The van der Waals surface area contributed by atoms with Gasteiger partial charge in [0.05, 0.1) is 12.6 Å². The Kier molecular flexibility index (Phi) is 5.94. The Bertz CT molecular complexity index is 196. The molecule has 13 heavy (non-hydrogen) atoms. The molecule has 0 aliphatic heterocycles. The monoisotopic (exact) mass is 184 g/mol. The maximum Gasteiger partial charge on any atom is 0.261 e. The highest BCUT2D eigenvalue weighted by molar-refractivity contribution is 5.80. The highest BCUT2D eigenvalue weighted by atomic mass is 16.7. The molecule has 0 aromatic heterocycles. The van der Waals surface area contributed by atoms with E-state index in [2.05, 4.69) is 11.4 Å². The highest BCUT2D eigenvalue weighted by Crippen LogP contribution is 1.91. The lowest BCUT2D eigenvalue weighted by molar-refractivity contribution is -0.135. The summed E-state index contributed by atoms with van der Waals surface area (Å²) in [7, 11) is 0. The largest absolute Gasteiger partial charge is 0.319 e. The van der Waals surface area contributed by atoms with Gasteiger partial charge in [0, 0.05) is 6.42 Å². The van der Waals surface area contributed by atoms with Crippen LogP contribution in [-0.2, 0) is 9.63 Å². The predicted molar refractivity (Wildman–Crippen MR) is 50.4 cm³/mol. The van der Waals surface area contributed by atoms with E-state index in [1.807, 2.05) is 13.8 Å². The second-order valence-electron chi connectivity index (χ2n) is 3.19. The van der Waals surface area contributed by atoms with Crippen molar-refractivity contribution in [3.63, 3.8) is 0 Å². The maximum absolute atomic E-state index is 11.1. The summed E-state index contributed by atoms with van der Waals surface area (Å²) in [4.78, 5) is 15.9. The van der Waals surface area contributed by atoms with Crippen LogP contribution in [0.5, 0.6) is 0 Å². The Morgan fingerprint density at radius 3 is 2.77 bits per heavy atom. The standard InChI is InChI=1S/C9H16N2O2/c1-4-5-8(10)9(12)11-13-6-7(2)3/h1,7-8H,5-6,10H2,2-3H3,(H,11,12). The molecule has 0 saturated heterocycles. The van der Waals surface area contributed by atoms with Crippen LogP contribution in [0, 0.1) is 18.3 Å². The third-order valence-corrected chi connectivity index (χ3v) is 1.26. The van der Waals surface area contributed by atoms with E-state index in [4.69, 9.17) is 17.0 Å². The van der Waals surface area contributed by atoms with Crippen molar-refractivity contribution in [2.24, 2.45) is 11.7 Å². The van der Waals surface area contributed by atoms with Crippen molar-refractivity contribution < 1.29 is 9.63 Å². The fraction of sp³-hybridized carbons (Fsp3) is 0.667. The SMILES string of the molecule is C#CCC(N)C(=O)NOCC(C)C. The van der Waals surface area contributed by atoms with Gasteiger partial charge in [-0.2, -0.15) is 0 Å². The van der Waals surface area contributed by atoms with E-state index in [0.717, 1.165) is 0 Å². The molecule has 0 bridgehead atoms. The lowest BCUT2D eigenvalue weighted by Crippen LogP contribution is -2.40. The zero-order valence-corrected chi connectivity index (χ0v) is 8.04. The van der Waals surface area contributed by atoms with Gasteiger partial charge < -0.3 is 5.73 Å². The summed E-state index contributed by atoms with van der Waals surface area (Å²) in [5.41, 5.74) is 7.65. The lowest BCUT2D eigenvalue weighted by atomic mass is 10.2. The van der Waals surface area contributed by atoms with Crippen molar-refractivity contribution in [1.82, 2.24) is 5.48 Å². The van der Waals surface area contributed by atoms with Crippen LogP contribution in [0.3, 0.4) is 0 Å². The van der Waals surface area contributed by atoms with Gasteiger partial charge in [-0.15, -0.1) is 12.3 Å². The van der Waals surface area contributed by atoms with Crippen molar-refractivity contribution in [2.45, 2.75) is 26.3 Å². The van der Waals surface area contributed by atoms with Gasteiger partial charge in [0.15, 0.2) is 0 Å². The van der Waals surface area contributed by atoms with Crippen molar-refractivity contribution in [2.75, 3.05) is 6.61 Å². The van der Waals surface area contributed by atoms with E-state index in [-0.39, 0.29) is 12.3 Å². The van der Waals surface area contributed by atoms with Gasteiger partial charge in [-0.25, -0.2) is 5.48 Å². The number of carbonyl (C=O) groups is 1. The van der Waals surface area contributed by atoms with Gasteiger partial charge >= 0.3 is 0 Å². The minimum atomic E-state index is -0.683. The van der Waals surface area contributed by atoms with Crippen LogP contribution in [0.4, 0.5) is 0 Å². The second-order valence-corrected chi connectivity index (χ2v) is 3.19. The highest BCUT2D eigenvalue weighted by Gasteiger charge is 2.11. The summed E-state index contributed by atoms with van der Waals surface area (Å²) >= 11 is 0. The Balaban J connectivity index is 3.57. The quantitative estimate of drug-likeness (QED) is 0.468. The first-order chi connectivity index (χ1) is 6.07. The molecule has 0 aromatic carbocycles. The van der Waals surface area contributed by atoms with Crippen LogP contribution in [0.1, 0.15) is 20.3 Å². The average Bonchev–Trinajstić information content (AvgIpc) is 2.04. The first kappa shape index (κ1) is 11.9. The number of nitrogens with one attached hydrogen (secondary N) is 1. The number of hydrogen-bond acceptors (Lipinski definition) is 3. The zero-order chi connectivity index (χ0) is 10.3. The van der Waals surface area contributed by atoms with Crippen LogP contribution in [-0.4, -0.2) is 18.6 Å². The van der Waals surface area contributed by atoms with E-state index in [1.165, 1.54) is 0 Å². The molecule has 0 radical (unpaired) electrons. The number of amides is 1. The molecule has 0 fully saturated rings. The fourth-order valence-corrected chi connectivity index (χ4v) is 0.575. The van der Waals surface area contributed by atoms with E-state index in [1.54, 1.807) is 0 Å². The van der Waals surface area contributed by atoms with Crippen molar-refractivity contribution in [3.8, 4) is 12.3 Å². The normalized spacial score (nSPS) is 12.2. The number of terminal acetylenes is 1. The molecular weight excluding hydrogens is 168 g/mol. The first-order valence-electron chi connectivity index (χ1n) is 4.18. The van der Waals surface area contributed by atoms with Crippen LogP contribution >= 0.6 is 0 Å². The van der Waals surface area contributed by atoms with Crippen molar-refractivity contribution >= 4 is 5.91 Å². The third-order valence-electron chi connectivity index (χ3n) is 1.26. The summed E-state index contributed by atoms with van der Waals surface area (Å²) in [5.74, 6) is 2.29. The Labute approximate surface area is 78.8 Å².